The van der Waals surface area contributed by atoms with Gasteiger partial charge in [-0.2, -0.15) is 0 Å². The first-order valence-corrected chi connectivity index (χ1v) is 7.68. The maximum absolute atomic E-state index is 13.6. The van der Waals surface area contributed by atoms with Crippen LogP contribution in [0.5, 0.6) is 0 Å². The number of aliphatic carboxylic acids is 1. The van der Waals surface area contributed by atoms with Crippen LogP contribution in [0.3, 0.4) is 0 Å². The molecule has 0 fully saturated rings. The van der Waals surface area contributed by atoms with Crippen molar-refractivity contribution >= 4 is 34.5 Å². The Morgan fingerprint density at radius 3 is 2.39 bits per heavy atom. The molecule has 2 aromatic rings. The van der Waals surface area contributed by atoms with Gasteiger partial charge in [0.05, 0.1) is 5.56 Å². The molecule has 0 unspecified atom stereocenters. The summed E-state index contributed by atoms with van der Waals surface area (Å²) < 4.78 is 27.7. The second-order valence-electron chi connectivity index (χ2n) is 4.80. The van der Waals surface area contributed by atoms with E-state index in [-0.39, 0.29) is 6.42 Å². The third kappa shape index (κ3) is 4.47. The average Bonchev–Trinajstić information content (AvgIpc) is 2.51. The fourth-order valence-corrected chi connectivity index (χ4v) is 2.33. The molecule has 0 heterocycles. The van der Waals surface area contributed by atoms with E-state index in [1.165, 1.54) is 6.07 Å². The van der Waals surface area contributed by atoms with Gasteiger partial charge >= 0.3 is 5.97 Å². The second-order valence-corrected chi connectivity index (χ2v) is 6.04. The zero-order chi connectivity index (χ0) is 17.0. The molecule has 0 radical (unpaired) electrons. The highest BCUT2D eigenvalue weighted by molar-refractivity contribution is 14.1. The summed E-state index contributed by atoms with van der Waals surface area (Å²) in [5.74, 6) is -4.70. The van der Waals surface area contributed by atoms with Crippen molar-refractivity contribution in [2.75, 3.05) is 0 Å². The maximum Gasteiger partial charge on any atom is 0.326 e. The van der Waals surface area contributed by atoms with Gasteiger partial charge in [0.1, 0.15) is 6.04 Å². The lowest BCUT2D eigenvalue weighted by Gasteiger charge is -2.15. The highest BCUT2D eigenvalue weighted by Crippen LogP contribution is 2.13. The minimum atomic E-state index is -1.30. The predicted molar refractivity (Wildman–Crippen MR) is 88.1 cm³/mol. The molecule has 0 aliphatic heterocycles. The van der Waals surface area contributed by atoms with Crippen molar-refractivity contribution in [1.82, 2.24) is 5.32 Å². The van der Waals surface area contributed by atoms with Crippen molar-refractivity contribution < 1.29 is 23.5 Å². The summed E-state index contributed by atoms with van der Waals surface area (Å²) in [5, 5.41) is 11.4. The molecule has 0 aliphatic rings. The van der Waals surface area contributed by atoms with Crippen LogP contribution in [0.2, 0.25) is 0 Å². The molecule has 1 atom stereocenters. The summed E-state index contributed by atoms with van der Waals surface area (Å²) >= 11 is 2.11. The number of carboxylic acid groups (broad SMARTS) is 1. The summed E-state index contributed by atoms with van der Waals surface area (Å²) in [6, 6.07) is 9.02. The zero-order valence-electron chi connectivity index (χ0n) is 11.7. The second kappa shape index (κ2) is 7.49. The molecule has 1 amide bonds. The van der Waals surface area contributed by atoms with Crippen LogP contribution in [-0.2, 0) is 11.2 Å². The summed E-state index contributed by atoms with van der Waals surface area (Å²) in [4.78, 5) is 23.3. The molecule has 0 saturated heterocycles. The van der Waals surface area contributed by atoms with E-state index in [0.29, 0.717) is 5.56 Å². The quantitative estimate of drug-likeness (QED) is 0.716. The Bertz CT molecular complexity index is 735. The van der Waals surface area contributed by atoms with Crippen LogP contribution >= 0.6 is 22.6 Å². The molecule has 4 nitrogen and oxygen atoms in total. The van der Waals surface area contributed by atoms with Gasteiger partial charge < -0.3 is 10.4 Å². The Kier molecular flexibility index (Phi) is 5.64. The first kappa shape index (κ1) is 17.3. The van der Waals surface area contributed by atoms with Gasteiger partial charge in [0.2, 0.25) is 0 Å². The molecule has 0 spiro atoms. The molecule has 7 heteroatoms. The van der Waals surface area contributed by atoms with Gasteiger partial charge in [-0.1, -0.05) is 18.2 Å². The summed E-state index contributed by atoms with van der Waals surface area (Å²) in [6.07, 6.45) is 0.0366. The van der Waals surface area contributed by atoms with Gasteiger partial charge in [0.25, 0.3) is 5.91 Å². The molecular weight excluding hydrogens is 419 g/mol. The van der Waals surface area contributed by atoms with Crippen LogP contribution in [0.15, 0.2) is 42.5 Å². The molecule has 0 bridgehead atoms. The van der Waals surface area contributed by atoms with Crippen LogP contribution in [0.1, 0.15) is 15.9 Å². The van der Waals surface area contributed by atoms with Crippen molar-refractivity contribution in [2.24, 2.45) is 0 Å². The topological polar surface area (TPSA) is 66.4 Å². The van der Waals surface area contributed by atoms with E-state index < -0.39 is 35.1 Å². The standard InChI is InChI=1S/C16H12F2INO3/c17-12-3-1-2-11(14(12)18)15(21)20-13(16(22)23)8-9-4-6-10(19)7-5-9/h1-7,13H,8H2,(H,20,21)(H,22,23)/t13-/m1/s1. The van der Waals surface area contributed by atoms with Crippen molar-refractivity contribution in [2.45, 2.75) is 12.5 Å². The number of amides is 1. The summed E-state index contributed by atoms with van der Waals surface area (Å²) in [6.45, 7) is 0. The smallest absolute Gasteiger partial charge is 0.326 e. The Morgan fingerprint density at radius 1 is 1.13 bits per heavy atom. The highest BCUT2D eigenvalue weighted by atomic mass is 127. The van der Waals surface area contributed by atoms with E-state index in [0.717, 1.165) is 15.7 Å². The van der Waals surface area contributed by atoms with Crippen molar-refractivity contribution in [3.05, 3.63) is 68.8 Å². The van der Waals surface area contributed by atoms with E-state index in [1.54, 1.807) is 12.1 Å². The van der Waals surface area contributed by atoms with Gasteiger partial charge in [-0.25, -0.2) is 13.6 Å². The van der Waals surface area contributed by atoms with Crippen LogP contribution < -0.4 is 5.32 Å². The van der Waals surface area contributed by atoms with Crippen LogP contribution in [0, 0.1) is 15.2 Å². The van der Waals surface area contributed by atoms with E-state index in [9.17, 15) is 23.5 Å². The summed E-state index contributed by atoms with van der Waals surface area (Å²) in [7, 11) is 0. The largest absolute Gasteiger partial charge is 0.480 e. The van der Waals surface area contributed by atoms with E-state index in [1.807, 2.05) is 12.1 Å². The lowest BCUT2D eigenvalue weighted by atomic mass is 10.1. The maximum atomic E-state index is 13.6. The normalized spacial score (nSPS) is 11.8. The molecule has 2 N–H and O–H groups in total. The van der Waals surface area contributed by atoms with Crippen molar-refractivity contribution in [3.63, 3.8) is 0 Å². The Morgan fingerprint density at radius 2 is 1.78 bits per heavy atom. The van der Waals surface area contributed by atoms with Crippen LogP contribution in [0.25, 0.3) is 0 Å². The minimum Gasteiger partial charge on any atom is -0.480 e. The van der Waals surface area contributed by atoms with E-state index >= 15 is 0 Å². The molecule has 120 valence electrons. The third-order valence-corrected chi connectivity index (χ3v) is 3.87. The van der Waals surface area contributed by atoms with Crippen molar-refractivity contribution in [3.8, 4) is 0 Å². The molecule has 0 saturated carbocycles. The molecule has 2 aromatic carbocycles. The average molecular weight is 431 g/mol. The number of nitrogens with one attached hydrogen (secondary N) is 1. The number of carbonyl (C=O) groups excluding carboxylic acids is 1. The molecule has 23 heavy (non-hydrogen) atoms. The number of benzene rings is 2. The Hall–Kier alpha value is -2.03. The number of hydrogen-bond donors (Lipinski definition) is 2. The molecular formula is C16H12F2INO3. The number of halogens is 3. The number of carbonyl (C=O) groups is 2. The SMILES string of the molecule is O=C(N[C@H](Cc1ccc(I)cc1)C(=O)O)c1cccc(F)c1F. The predicted octanol–water partition coefficient (Wildman–Crippen LogP) is 3.00. The van der Waals surface area contributed by atoms with Crippen LogP contribution in [0.4, 0.5) is 8.78 Å². The lowest BCUT2D eigenvalue weighted by molar-refractivity contribution is -0.139. The zero-order valence-corrected chi connectivity index (χ0v) is 13.9. The molecule has 0 aromatic heterocycles. The number of hydrogen-bond acceptors (Lipinski definition) is 2. The molecule has 2 rings (SSSR count). The summed E-state index contributed by atoms with van der Waals surface area (Å²) in [5.41, 5.74) is 0.177. The van der Waals surface area contributed by atoms with Gasteiger partial charge in [-0.3, -0.25) is 4.79 Å². The molecule has 0 aliphatic carbocycles. The monoisotopic (exact) mass is 431 g/mol. The lowest BCUT2D eigenvalue weighted by Crippen LogP contribution is -2.42. The highest BCUT2D eigenvalue weighted by Gasteiger charge is 2.23. The fourth-order valence-electron chi connectivity index (χ4n) is 1.97. The van der Waals surface area contributed by atoms with Gasteiger partial charge in [-0.05, 0) is 52.4 Å². The third-order valence-electron chi connectivity index (χ3n) is 3.15. The van der Waals surface area contributed by atoms with Crippen molar-refractivity contribution in [1.29, 1.82) is 0 Å². The first-order chi connectivity index (χ1) is 10.9. The van der Waals surface area contributed by atoms with Crippen LogP contribution in [-0.4, -0.2) is 23.0 Å². The Balaban J connectivity index is 2.16. The van der Waals surface area contributed by atoms with Gasteiger partial charge in [-0.15, -0.1) is 0 Å². The fraction of sp³-hybridized carbons (Fsp3) is 0.125. The van der Waals surface area contributed by atoms with E-state index in [4.69, 9.17) is 0 Å². The minimum absolute atomic E-state index is 0.0366. The van der Waals surface area contributed by atoms with Gasteiger partial charge in [0.15, 0.2) is 11.6 Å². The number of carboxylic acids is 1. The number of rotatable bonds is 5. The first-order valence-electron chi connectivity index (χ1n) is 6.60. The van der Waals surface area contributed by atoms with Gasteiger partial charge in [0, 0.05) is 9.99 Å². The van der Waals surface area contributed by atoms with E-state index in [2.05, 4.69) is 27.9 Å². The Labute approximate surface area is 144 Å².